The van der Waals surface area contributed by atoms with Crippen molar-refractivity contribution < 1.29 is 14.3 Å². The quantitative estimate of drug-likeness (QED) is 0.665. The molecule has 1 aliphatic heterocycles. The van der Waals surface area contributed by atoms with Gasteiger partial charge >= 0.3 is 6.09 Å². The van der Waals surface area contributed by atoms with E-state index in [0.29, 0.717) is 32.5 Å². The largest absolute Gasteiger partial charge is 0.444 e. The highest BCUT2D eigenvalue weighted by atomic mass is 79.9. The standard InChI is InChI=1S/C20H27BrN2O3/c1-5-12-23(17-9-7-6-8-16(17)21)18(24)15-10-13-22(14-11-15)19(25)26-20(2,3)4/h5-9,15H,1,10-14H2,2-4H3. The highest BCUT2D eigenvalue weighted by molar-refractivity contribution is 9.10. The number of amides is 2. The van der Waals surface area contributed by atoms with Gasteiger partial charge in [0, 0.05) is 30.0 Å². The number of ether oxygens (including phenoxy) is 1. The Morgan fingerprint density at radius 3 is 2.46 bits per heavy atom. The van der Waals surface area contributed by atoms with Crippen molar-refractivity contribution >= 4 is 33.6 Å². The van der Waals surface area contributed by atoms with Gasteiger partial charge in [-0.15, -0.1) is 6.58 Å². The van der Waals surface area contributed by atoms with Gasteiger partial charge in [0.2, 0.25) is 5.91 Å². The van der Waals surface area contributed by atoms with Gasteiger partial charge in [-0.3, -0.25) is 4.79 Å². The lowest BCUT2D eigenvalue weighted by molar-refractivity contribution is -0.123. The summed E-state index contributed by atoms with van der Waals surface area (Å²) in [5.74, 6) is -0.0404. The number of halogens is 1. The summed E-state index contributed by atoms with van der Waals surface area (Å²) in [5, 5.41) is 0. The van der Waals surface area contributed by atoms with Crippen LogP contribution in [0.25, 0.3) is 0 Å². The smallest absolute Gasteiger partial charge is 0.410 e. The molecule has 0 bridgehead atoms. The van der Waals surface area contributed by atoms with Crippen molar-refractivity contribution in [2.24, 2.45) is 5.92 Å². The molecule has 142 valence electrons. The molecule has 1 saturated heterocycles. The number of carbonyl (C=O) groups excluding carboxylic acids is 2. The summed E-state index contributed by atoms with van der Waals surface area (Å²) in [4.78, 5) is 28.7. The second-order valence-corrected chi connectivity index (χ2v) is 8.28. The number of carbonyl (C=O) groups is 2. The first-order valence-electron chi connectivity index (χ1n) is 8.87. The van der Waals surface area contributed by atoms with Crippen molar-refractivity contribution in [1.82, 2.24) is 4.90 Å². The molecule has 2 amide bonds. The Hall–Kier alpha value is -1.82. The second kappa shape index (κ2) is 8.71. The third kappa shape index (κ3) is 5.34. The van der Waals surface area contributed by atoms with Gasteiger partial charge < -0.3 is 14.5 Å². The summed E-state index contributed by atoms with van der Waals surface area (Å²) in [6.45, 7) is 10.8. The van der Waals surface area contributed by atoms with Crippen LogP contribution in [0, 0.1) is 5.92 Å². The van der Waals surface area contributed by atoms with Gasteiger partial charge in [0.1, 0.15) is 5.60 Å². The molecule has 0 aliphatic carbocycles. The first-order valence-corrected chi connectivity index (χ1v) is 9.67. The molecular formula is C20H27BrN2O3. The maximum absolute atomic E-state index is 13.1. The predicted molar refractivity (Wildman–Crippen MR) is 107 cm³/mol. The SMILES string of the molecule is C=CCN(C(=O)C1CCN(C(=O)OC(C)(C)C)CC1)c1ccccc1Br. The fourth-order valence-electron chi connectivity index (χ4n) is 2.96. The van der Waals surface area contributed by atoms with Crippen LogP contribution in [0.15, 0.2) is 41.4 Å². The number of anilines is 1. The summed E-state index contributed by atoms with van der Waals surface area (Å²) in [5.41, 5.74) is 0.330. The minimum atomic E-state index is -0.510. The van der Waals surface area contributed by atoms with E-state index in [4.69, 9.17) is 4.74 Å². The number of likely N-dealkylation sites (tertiary alicyclic amines) is 1. The minimum absolute atomic E-state index is 0.0700. The van der Waals surface area contributed by atoms with Crippen LogP contribution >= 0.6 is 15.9 Å². The molecule has 1 aromatic carbocycles. The number of nitrogens with zero attached hydrogens (tertiary/aromatic N) is 2. The van der Waals surface area contributed by atoms with Gasteiger partial charge in [0.05, 0.1) is 5.69 Å². The van der Waals surface area contributed by atoms with E-state index in [2.05, 4.69) is 22.5 Å². The Labute approximate surface area is 164 Å². The Bertz CT molecular complexity index is 661. The monoisotopic (exact) mass is 422 g/mol. The van der Waals surface area contributed by atoms with E-state index in [1.165, 1.54) is 0 Å². The average Bonchev–Trinajstić information content (AvgIpc) is 2.58. The maximum atomic E-state index is 13.1. The zero-order valence-corrected chi connectivity index (χ0v) is 17.3. The molecule has 0 aromatic heterocycles. The maximum Gasteiger partial charge on any atom is 0.410 e. The third-order valence-corrected chi connectivity index (χ3v) is 4.89. The number of rotatable bonds is 4. The summed E-state index contributed by atoms with van der Waals surface area (Å²) in [6.07, 6.45) is 2.69. The van der Waals surface area contributed by atoms with Crippen molar-refractivity contribution in [3.8, 4) is 0 Å². The predicted octanol–water partition coefficient (Wildman–Crippen LogP) is 4.62. The molecule has 1 aromatic rings. The average molecular weight is 423 g/mol. The molecule has 0 radical (unpaired) electrons. The van der Waals surface area contributed by atoms with Crippen molar-refractivity contribution in [3.63, 3.8) is 0 Å². The number of hydrogen-bond acceptors (Lipinski definition) is 3. The van der Waals surface area contributed by atoms with Crippen LogP contribution in [-0.4, -0.2) is 42.1 Å². The number of piperidine rings is 1. The zero-order valence-electron chi connectivity index (χ0n) is 15.7. The van der Waals surface area contributed by atoms with Crippen LogP contribution in [0.4, 0.5) is 10.5 Å². The van der Waals surface area contributed by atoms with Gasteiger partial charge in [-0.25, -0.2) is 4.79 Å². The highest BCUT2D eigenvalue weighted by Gasteiger charge is 2.32. The lowest BCUT2D eigenvalue weighted by Gasteiger charge is -2.35. The van der Waals surface area contributed by atoms with E-state index in [0.717, 1.165) is 10.2 Å². The molecule has 5 nitrogen and oxygen atoms in total. The molecule has 0 N–H and O–H groups in total. The number of hydrogen-bond donors (Lipinski definition) is 0. The summed E-state index contributed by atoms with van der Waals surface area (Å²) >= 11 is 3.52. The molecule has 0 unspecified atom stereocenters. The molecule has 1 fully saturated rings. The van der Waals surface area contributed by atoms with Gasteiger partial charge in [-0.05, 0) is 61.7 Å². The van der Waals surface area contributed by atoms with E-state index in [1.807, 2.05) is 45.0 Å². The van der Waals surface area contributed by atoms with Gasteiger partial charge in [0.25, 0.3) is 0 Å². The first kappa shape index (κ1) is 20.5. The topological polar surface area (TPSA) is 49.9 Å². The van der Waals surface area contributed by atoms with Crippen LogP contribution in [0.1, 0.15) is 33.6 Å². The Morgan fingerprint density at radius 1 is 1.31 bits per heavy atom. The molecule has 0 atom stereocenters. The van der Waals surface area contributed by atoms with Crippen molar-refractivity contribution in [2.45, 2.75) is 39.2 Å². The van der Waals surface area contributed by atoms with E-state index >= 15 is 0 Å². The van der Waals surface area contributed by atoms with E-state index in [9.17, 15) is 9.59 Å². The Morgan fingerprint density at radius 2 is 1.92 bits per heavy atom. The van der Waals surface area contributed by atoms with Gasteiger partial charge in [-0.2, -0.15) is 0 Å². The van der Waals surface area contributed by atoms with E-state index in [-0.39, 0.29) is 17.9 Å². The Balaban J connectivity index is 2.03. The lowest BCUT2D eigenvalue weighted by atomic mass is 9.95. The normalized spacial score (nSPS) is 15.5. The van der Waals surface area contributed by atoms with Crippen LogP contribution < -0.4 is 4.90 Å². The third-order valence-electron chi connectivity index (χ3n) is 4.22. The molecular weight excluding hydrogens is 396 g/mol. The number of para-hydroxylation sites is 1. The summed E-state index contributed by atoms with van der Waals surface area (Å²) in [7, 11) is 0. The molecule has 1 aliphatic rings. The van der Waals surface area contributed by atoms with Crippen molar-refractivity contribution in [1.29, 1.82) is 0 Å². The number of benzene rings is 1. The second-order valence-electron chi connectivity index (χ2n) is 7.43. The molecule has 6 heteroatoms. The summed E-state index contributed by atoms with van der Waals surface area (Å²) < 4.78 is 6.29. The van der Waals surface area contributed by atoms with Crippen LogP contribution in [0.5, 0.6) is 0 Å². The molecule has 26 heavy (non-hydrogen) atoms. The van der Waals surface area contributed by atoms with Gasteiger partial charge in [0.15, 0.2) is 0 Å². The van der Waals surface area contributed by atoms with Gasteiger partial charge in [-0.1, -0.05) is 18.2 Å². The van der Waals surface area contributed by atoms with Crippen LogP contribution in [0.2, 0.25) is 0 Å². The van der Waals surface area contributed by atoms with Crippen molar-refractivity contribution in [3.05, 3.63) is 41.4 Å². The van der Waals surface area contributed by atoms with Crippen LogP contribution in [-0.2, 0) is 9.53 Å². The van der Waals surface area contributed by atoms with Crippen LogP contribution in [0.3, 0.4) is 0 Å². The first-order chi connectivity index (χ1) is 12.2. The fourth-order valence-corrected chi connectivity index (χ4v) is 3.46. The zero-order chi connectivity index (χ0) is 19.3. The summed E-state index contributed by atoms with van der Waals surface area (Å²) in [6, 6.07) is 7.67. The lowest BCUT2D eigenvalue weighted by Crippen LogP contribution is -2.46. The fraction of sp³-hybridized carbons (Fsp3) is 0.500. The molecule has 1 heterocycles. The minimum Gasteiger partial charge on any atom is -0.444 e. The molecule has 0 spiro atoms. The Kier molecular flexibility index (Phi) is 6.87. The highest BCUT2D eigenvalue weighted by Crippen LogP contribution is 2.29. The molecule has 0 saturated carbocycles. The van der Waals surface area contributed by atoms with E-state index in [1.54, 1.807) is 15.9 Å². The van der Waals surface area contributed by atoms with Crippen molar-refractivity contribution in [2.75, 3.05) is 24.5 Å². The van der Waals surface area contributed by atoms with E-state index < -0.39 is 5.60 Å². The molecule has 2 rings (SSSR count).